The van der Waals surface area contributed by atoms with Crippen LogP contribution in [0.4, 0.5) is 0 Å². The van der Waals surface area contributed by atoms with Gasteiger partial charge in [-0.3, -0.25) is 0 Å². The smallest absolute Gasteiger partial charge is 0.0433 e. The molecule has 0 spiro atoms. The summed E-state index contributed by atoms with van der Waals surface area (Å²) < 4.78 is 0. The van der Waals surface area contributed by atoms with Gasteiger partial charge in [0.15, 0.2) is 0 Å². The summed E-state index contributed by atoms with van der Waals surface area (Å²) in [6, 6.07) is 17.8. The minimum Gasteiger partial charge on any atom is -0.396 e. The van der Waals surface area contributed by atoms with Gasteiger partial charge in [-0.15, -0.1) is 0 Å². The van der Waals surface area contributed by atoms with Crippen molar-refractivity contribution >= 4 is 21.5 Å². The van der Waals surface area contributed by atoms with Gasteiger partial charge in [0.1, 0.15) is 0 Å². The predicted molar refractivity (Wildman–Crippen MR) is 88.7 cm³/mol. The van der Waals surface area contributed by atoms with Crippen molar-refractivity contribution in [2.24, 2.45) is 5.92 Å². The van der Waals surface area contributed by atoms with Gasteiger partial charge in [-0.2, -0.15) is 0 Å². The maximum Gasteiger partial charge on any atom is 0.0433 e. The van der Waals surface area contributed by atoms with Gasteiger partial charge in [0.25, 0.3) is 0 Å². The molecule has 0 saturated heterocycles. The lowest BCUT2D eigenvalue weighted by Gasteiger charge is -2.25. The maximum absolute atomic E-state index is 9.16. The fourth-order valence-corrected chi connectivity index (χ4v) is 3.87. The van der Waals surface area contributed by atoms with Gasteiger partial charge in [0.05, 0.1) is 0 Å². The van der Waals surface area contributed by atoms with Crippen LogP contribution in [0.1, 0.15) is 24.0 Å². The SMILES string of the molecule is OCCC1CCc2c(ccc3c2ccc2ccccc23)C1. The molecule has 0 saturated carbocycles. The predicted octanol–water partition coefficient (Wildman–Crippen LogP) is 4.48. The van der Waals surface area contributed by atoms with Crippen molar-refractivity contribution in [2.75, 3.05) is 6.61 Å². The van der Waals surface area contributed by atoms with Gasteiger partial charge in [-0.05, 0) is 64.3 Å². The third-order valence-electron chi connectivity index (χ3n) is 4.98. The number of benzene rings is 3. The summed E-state index contributed by atoms with van der Waals surface area (Å²) in [4.78, 5) is 0. The summed E-state index contributed by atoms with van der Waals surface area (Å²) in [5, 5.41) is 14.6. The maximum atomic E-state index is 9.16. The van der Waals surface area contributed by atoms with Crippen molar-refractivity contribution < 1.29 is 5.11 Å². The number of rotatable bonds is 2. The second-order valence-corrected chi connectivity index (χ2v) is 6.21. The van der Waals surface area contributed by atoms with Gasteiger partial charge in [0, 0.05) is 6.61 Å². The lowest BCUT2D eigenvalue weighted by Crippen LogP contribution is -2.15. The Hall–Kier alpha value is -1.86. The molecule has 21 heavy (non-hydrogen) atoms. The standard InChI is InChI=1S/C20H20O/c21-12-11-14-5-8-18-16(13-14)7-10-19-17-4-2-1-3-15(17)6-9-20(18)19/h1-4,6-7,9-10,14,21H,5,8,11-13H2. The largest absolute Gasteiger partial charge is 0.396 e. The summed E-state index contributed by atoms with van der Waals surface area (Å²) in [6.45, 7) is 0.318. The third-order valence-corrected chi connectivity index (χ3v) is 4.98. The van der Waals surface area contributed by atoms with Gasteiger partial charge < -0.3 is 5.11 Å². The fraction of sp³-hybridized carbons (Fsp3) is 0.300. The molecule has 0 bridgehead atoms. The molecule has 3 aromatic carbocycles. The molecular formula is C20H20O. The molecule has 1 heteroatoms. The quantitative estimate of drug-likeness (QED) is 0.684. The first-order valence-electron chi connectivity index (χ1n) is 7.90. The normalized spacial score (nSPS) is 18.0. The van der Waals surface area contributed by atoms with Crippen LogP contribution in [0, 0.1) is 5.92 Å². The van der Waals surface area contributed by atoms with E-state index in [2.05, 4.69) is 48.5 Å². The average molecular weight is 276 g/mol. The molecule has 0 aliphatic heterocycles. The lowest BCUT2D eigenvalue weighted by atomic mass is 9.80. The summed E-state index contributed by atoms with van der Waals surface area (Å²) in [6.07, 6.45) is 4.42. The lowest BCUT2D eigenvalue weighted by molar-refractivity contribution is 0.248. The number of aliphatic hydroxyl groups is 1. The molecule has 1 atom stereocenters. The number of aryl methyl sites for hydroxylation is 1. The van der Waals surface area contributed by atoms with Crippen LogP contribution in [-0.4, -0.2) is 11.7 Å². The third kappa shape index (κ3) is 2.13. The highest BCUT2D eigenvalue weighted by atomic mass is 16.3. The second kappa shape index (κ2) is 5.16. The Morgan fingerprint density at radius 3 is 2.67 bits per heavy atom. The number of hydrogen-bond acceptors (Lipinski definition) is 1. The molecule has 1 unspecified atom stereocenters. The van der Waals surface area contributed by atoms with Crippen molar-refractivity contribution in [3.8, 4) is 0 Å². The van der Waals surface area contributed by atoms with Crippen LogP contribution in [0.5, 0.6) is 0 Å². The van der Waals surface area contributed by atoms with E-state index in [9.17, 15) is 0 Å². The molecule has 1 nitrogen and oxygen atoms in total. The van der Waals surface area contributed by atoms with E-state index in [1.165, 1.54) is 39.1 Å². The van der Waals surface area contributed by atoms with Gasteiger partial charge >= 0.3 is 0 Å². The molecule has 0 heterocycles. The van der Waals surface area contributed by atoms with E-state index >= 15 is 0 Å². The fourth-order valence-electron chi connectivity index (χ4n) is 3.87. The molecule has 3 aromatic rings. The van der Waals surface area contributed by atoms with E-state index in [-0.39, 0.29) is 0 Å². The Morgan fingerprint density at radius 2 is 1.76 bits per heavy atom. The molecule has 0 amide bonds. The molecule has 106 valence electrons. The zero-order chi connectivity index (χ0) is 14.2. The van der Waals surface area contributed by atoms with Crippen LogP contribution in [-0.2, 0) is 12.8 Å². The Kier molecular flexibility index (Phi) is 3.16. The zero-order valence-corrected chi connectivity index (χ0v) is 12.2. The minimum atomic E-state index is 0.318. The van der Waals surface area contributed by atoms with Crippen LogP contribution in [0.25, 0.3) is 21.5 Å². The topological polar surface area (TPSA) is 20.2 Å². The summed E-state index contributed by atoms with van der Waals surface area (Å²) in [7, 11) is 0. The van der Waals surface area contributed by atoms with Crippen LogP contribution in [0.3, 0.4) is 0 Å². The molecule has 4 rings (SSSR count). The monoisotopic (exact) mass is 276 g/mol. The number of aliphatic hydroxyl groups excluding tert-OH is 1. The number of fused-ring (bicyclic) bond motifs is 5. The molecule has 0 fully saturated rings. The van der Waals surface area contributed by atoms with Gasteiger partial charge in [-0.1, -0.05) is 48.5 Å². The van der Waals surface area contributed by atoms with E-state index < -0.39 is 0 Å². The first kappa shape index (κ1) is 12.8. The first-order valence-corrected chi connectivity index (χ1v) is 7.90. The molecule has 1 N–H and O–H groups in total. The van der Waals surface area contributed by atoms with Crippen LogP contribution < -0.4 is 0 Å². The van der Waals surface area contributed by atoms with E-state index in [0.717, 1.165) is 19.3 Å². The van der Waals surface area contributed by atoms with E-state index in [1.54, 1.807) is 0 Å². The molecule has 1 aliphatic carbocycles. The highest BCUT2D eigenvalue weighted by Gasteiger charge is 2.20. The van der Waals surface area contributed by atoms with Crippen molar-refractivity contribution in [3.05, 3.63) is 59.7 Å². The Balaban J connectivity index is 1.89. The summed E-state index contributed by atoms with van der Waals surface area (Å²) >= 11 is 0. The van der Waals surface area contributed by atoms with E-state index in [1.807, 2.05) is 0 Å². The molecule has 0 aromatic heterocycles. The van der Waals surface area contributed by atoms with E-state index in [0.29, 0.717) is 12.5 Å². The van der Waals surface area contributed by atoms with E-state index in [4.69, 9.17) is 5.11 Å². The summed E-state index contributed by atoms with van der Waals surface area (Å²) in [5.41, 5.74) is 3.02. The minimum absolute atomic E-state index is 0.318. The highest BCUT2D eigenvalue weighted by Crippen LogP contribution is 2.35. The Morgan fingerprint density at radius 1 is 0.905 bits per heavy atom. The molecule has 0 radical (unpaired) electrons. The van der Waals surface area contributed by atoms with Crippen molar-refractivity contribution in [2.45, 2.75) is 25.7 Å². The second-order valence-electron chi connectivity index (χ2n) is 6.21. The molecular weight excluding hydrogens is 256 g/mol. The van der Waals surface area contributed by atoms with Crippen LogP contribution in [0.2, 0.25) is 0 Å². The Bertz CT molecular complexity index is 803. The Labute approximate surface area is 125 Å². The van der Waals surface area contributed by atoms with Gasteiger partial charge in [-0.25, -0.2) is 0 Å². The van der Waals surface area contributed by atoms with Crippen molar-refractivity contribution in [3.63, 3.8) is 0 Å². The van der Waals surface area contributed by atoms with Crippen LogP contribution >= 0.6 is 0 Å². The van der Waals surface area contributed by atoms with Gasteiger partial charge in [0.2, 0.25) is 0 Å². The zero-order valence-electron chi connectivity index (χ0n) is 12.2. The summed E-state index contributed by atoms with van der Waals surface area (Å²) in [5.74, 6) is 0.653. The number of hydrogen-bond donors (Lipinski definition) is 1. The highest BCUT2D eigenvalue weighted by molar-refractivity contribution is 6.08. The van der Waals surface area contributed by atoms with Crippen molar-refractivity contribution in [1.29, 1.82) is 0 Å². The first-order chi connectivity index (χ1) is 10.4. The van der Waals surface area contributed by atoms with Crippen molar-refractivity contribution in [1.82, 2.24) is 0 Å². The molecule has 1 aliphatic rings. The average Bonchev–Trinajstić information content (AvgIpc) is 2.54. The van der Waals surface area contributed by atoms with Crippen LogP contribution in [0.15, 0.2) is 48.5 Å².